The lowest BCUT2D eigenvalue weighted by atomic mass is 9.94. The average Bonchev–Trinajstić information content (AvgIpc) is 3.41. The van der Waals surface area contributed by atoms with E-state index in [1.165, 1.54) is 16.7 Å². The first-order valence-corrected chi connectivity index (χ1v) is 14.1. The van der Waals surface area contributed by atoms with E-state index in [1.54, 1.807) is 0 Å². The number of rotatable bonds is 4. The van der Waals surface area contributed by atoms with E-state index in [0.717, 1.165) is 61.0 Å². The van der Waals surface area contributed by atoms with Crippen LogP contribution in [0.25, 0.3) is 66.6 Å². The van der Waals surface area contributed by atoms with Crippen molar-refractivity contribution < 1.29 is 8.98 Å². The highest BCUT2D eigenvalue weighted by atomic mass is 16.3. The normalized spacial score (nSPS) is 11.2. The Morgan fingerprint density at radius 2 is 1.17 bits per heavy atom. The van der Waals surface area contributed by atoms with Gasteiger partial charge in [0.1, 0.15) is 18.2 Å². The van der Waals surface area contributed by atoms with Gasteiger partial charge in [-0.05, 0) is 59.4 Å². The fourth-order valence-electron chi connectivity index (χ4n) is 6.08. The Labute approximate surface area is 245 Å². The summed E-state index contributed by atoms with van der Waals surface area (Å²) in [5.41, 5.74) is 13.2. The maximum Gasteiger partial charge on any atom is 0.216 e. The highest BCUT2D eigenvalue weighted by molar-refractivity contribution is 6.14. The molecule has 3 heteroatoms. The summed E-state index contributed by atoms with van der Waals surface area (Å²) in [5.74, 6) is 0. The minimum Gasteiger partial charge on any atom is -0.454 e. The van der Waals surface area contributed by atoms with E-state index in [2.05, 4.69) is 117 Å². The molecule has 7 aromatic rings. The Bertz CT molecular complexity index is 2150. The molecular formula is C39H29N2O+. The maximum atomic E-state index is 10.1. The third-order valence-corrected chi connectivity index (χ3v) is 8.24. The largest absolute Gasteiger partial charge is 0.454 e. The van der Waals surface area contributed by atoms with Crippen LogP contribution in [0.5, 0.6) is 0 Å². The molecule has 0 amide bonds. The summed E-state index contributed by atoms with van der Waals surface area (Å²) in [6, 6.07) is 42.1. The van der Waals surface area contributed by atoms with Gasteiger partial charge in [0.05, 0.1) is 17.2 Å². The molecule has 3 nitrogen and oxygen atoms in total. The summed E-state index contributed by atoms with van der Waals surface area (Å²) in [6.45, 7) is 4.29. The van der Waals surface area contributed by atoms with Gasteiger partial charge in [-0.3, -0.25) is 0 Å². The van der Waals surface area contributed by atoms with Crippen molar-refractivity contribution in [3.8, 4) is 50.7 Å². The van der Waals surface area contributed by atoms with Crippen LogP contribution in [-0.2, 0) is 7.05 Å². The number of nitriles is 1. The Balaban J connectivity index is 1.43. The zero-order valence-corrected chi connectivity index (χ0v) is 23.8. The first-order valence-electron chi connectivity index (χ1n) is 14.1. The molecule has 0 bridgehead atoms. The number of nitrogens with zero attached hydrogens (tertiary/aromatic N) is 2. The Morgan fingerprint density at radius 3 is 1.83 bits per heavy atom. The van der Waals surface area contributed by atoms with Gasteiger partial charge in [0, 0.05) is 28.0 Å². The minimum atomic E-state index is 0.598. The fraction of sp³-hybridized carbons (Fsp3) is 0.0769. The molecule has 0 aliphatic carbocycles. The Hall–Kier alpha value is -5.46. The lowest BCUT2D eigenvalue weighted by Gasteiger charge is -2.10. The minimum absolute atomic E-state index is 0.598. The van der Waals surface area contributed by atoms with Crippen LogP contribution < -0.4 is 4.57 Å². The molecule has 42 heavy (non-hydrogen) atoms. The van der Waals surface area contributed by atoms with Gasteiger partial charge in [-0.25, -0.2) is 4.57 Å². The molecular weight excluding hydrogens is 512 g/mol. The average molecular weight is 542 g/mol. The second-order valence-corrected chi connectivity index (χ2v) is 10.9. The summed E-state index contributed by atoms with van der Waals surface area (Å²) in [7, 11) is 2.09. The van der Waals surface area contributed by atoms with Gasteiger partial charge in [0.2, 0.25) is 5.69 Å². The number of furan rings is 1. The van der Waals surface area contributed by atoms with E-state index in [4.69, 9.17) is 4.42 Å². The van der Waals surface area contributed by atoms with Crippen molar-refractivity contribution in [3.63, 3.8) is 0 Å². The SMILES string of the molecule is Cc1cc(-c2c(C)ccc3c2oc2c(-c4ccc(-c5ccccc5)cc4)c(C#N)ccc23)[n+](C)cc1-c1ccccc1. The molecule has 0 atom stereocenters. The number of hydrogen-bond acceptors (Lipinski definition) is 2. The Kier molecular flexibility index (Phi) is 6.18. The first-order chi connectivity index (χ1) is 20.5. The van der Waals surface area contributed by atoms with Gasteiger partial charge in [-0.15, -0.1) is 0 Å². The van der Waals surface area contributed by atoms with Gasteiger partial charge in [-0.2, -0.15) is 5.26 Å². The second-order valence-electron chi connectivity index (χ2n) is 10.9. The van der Waals surface area contributed by atoms with Crippen LogP contribution in [0, 0.1) is 25.2 Å². The highest BCUT2D eigenvalue weighted by Crippen LogP contribution is 2.42. The third-order valence-electron chi connectivity index (χ3n) is 8.24. The number of benzene rings is 5. The van der Waals surface area contributed by atoms with Gasteiger partial charge < -0.3 is 4.42 Å². The van der Waals surface area contributed by atoms with E-state index >= 15 is 0 Å². The van der Waals surface area contributed by atoms with Crippen molar-refractivity contribution in [1.29, 1.82) is 5.26 Å². The highest BCUT2D eigenvalue weighted by Gasteiger charge is 2.24. The summed E-state index contributed by atoms with van der Waals surface area (Å²) in [5, 5.41) is 12.2. The van der Waals surface area contributed by atoms with Crippen LogP contribution in [0.2, 0.25) is 0 Å². The van der Waals surface area contributed by atoms with E-state index in [1.807, 2.05) is 36.4 Å². The smallest absolute Gasteiger partial charge is 0.216 e. The molecule has 0 N–H and O–H groups in total. The zero-order valence-electron chi connectivity index (χ0n) is 23.8. The predicted molar refractivity (Wildman–Crippen MR) is 171 cm³/mol. The standard InChI is InChI=1S/C39H29N2O/c1-25-14-20-32-33-21-19-31(23-40)37(30-17-15-28(16-18-30)27-10-6-4-7-11-27)39(33)42-38(32)36(25)35-22-26(2)34(24-41(35)3)29-12-8-5-9-13-29/h4-22,24H,1-3H3/q+1. The van der Waals surface area contributed by atoms with Crippen molar-refractivity contribution in [2.24, 2.45) is 7.05 Å². The lowest BCUT2D eigenvalue weighted by Crippen LogP contribution is -2.31. The van der Waals surface area contributed by atoms with E-state index in [9.17, 15) is 5.26 Å². The van der Waals surface area contributed by atoms with E-state index < -0.39 is 0 Å². The van der Waals surface area contributed by atoms with Crippen LogP contribution in [0.15, 0.2) is 126 Å². The summed E-state index contributed by atoms with van der Waals surface area (Å²) in [4.78, 5) is 0. The van der Waals surface area contributed by atoms with Gasteiger partial charge in [0.25, 0.3) is 0 Å². The van der Waals surface area contributed by atoms with E-state index in [0.29, 0.717) is 5.56 Å². The number of aromatic nitrogens is 1. The van der Waals surface area contributed by atoms with Crippen LogP contribution >= 0.6 is 0 Å². The summed E-state index contributed by atoms with van der Waals surface area (Å²) in [6.07, 6.45) is 2.20. The molecule has 0 fully saturated rings. The molecule has 0 aliphatic heterocycles. The lowest BCUT2D eigenvalue weighted by molar-refractivity contribution is -0.659. The number of fused-ring (bicyclic) bond motifs is 3. The topological polar surface area (TPSA) is 40.8 Å². The van der Waals surface area contributed by atoms with Gasteiger partial charge in [-0.1, -0.05) is 97.1 Å². The van der Waals surface area contributed by atoms with Crippen molar-refractivity contribution in [3.05, 3.63) is 138 Å². The van der Waals surface area contributed by atoms with Crippen LogP contribution in [0.4, 0.5) is 0 Å². The molecule has 0 radical (unpaired) electrons. The molecule has 0 saturated carbocycles. The van der Waals surface area contributed by atoms with Gasteiger partial charge >= 0.3 is 0 Å². The molecule has 2 aromatic heterocycles. The molecule has 200 valence electrons. The molecule has 0 aliphatic rings. The maximum absolute atomic E-state index is 10.1. The molecule has 0 saturated heterocycles. The van der Waals surface area contributed by atoms with Crippen molar-refractivity contribution in [2.75, 3.05) is 0 Å². The van der Waals surface area contributed by atoms with E-state index in [-0.39, 0.29) is 0 Å². The quantitative estimate of drug-likeness (QED) is 0.208. The summed E-state index contributed by atoms with van der Waals surface area (Å²) >= 11 is 0. The zero-order chi connectivity index (χ0) is 28.8. The predicted octanol–water partition coefficient (Wildman–Crippen LogP) is 9.57. The fourth-order valence-corrected chi connectivity index (χ4v) is 6.08. The van der Waals surface area contributed by atoms with Crippen LogP contribution in [-0.4, -0.2) is 0 Å². The molecule has 2 heterocycles. The number of hydrogen-bond donors (Lipinski definition) is 0. The van der Waals surface area contributed by atoms with Crippen molar-refractivity contribution in [2.45, 2.75) is 13.8 Å². The van der Waals surface area contributed by atoms with Crippen molar-refractivity contribution >= 4 is 21.9 Å². The monoisotopic (exact) mass is 541 g/mol. The number of aryl methyl sites for hydroxylation is 3. The molecule has 5 aromatic carbocycles. The van der Waals surface area contributed by atoms with Crippen LogP contribution in [0.1, 0.15) is 16.7 Å². The Morgan fingerprint density at radius 1 is 0.595 bits per heavy atom. The second kappa shape index (κ2) is 10.2. The third kappa shape index (κ3) is 4.17. The molecule has 0 unspecified atom stereocenters. The molecule has 0 spiro atoms. The number of pyridine rings is 1. The summed E-state index contributed by atoms with van der Waals surface area (Å²) < 4.78 is 9.00. The first kappa shape index (κ1) is 25.5. The van der Waals surface area contributed by atoms with Crippen LogP contribution in [0.3, 0.4) is 0 Å². The molecule has 7 rings (SSSR count). The van der Waals surface area contributed by atoms with Gasteiger partial charge in [0.15, 0.2) is 6.20 Å². The van der Waals surface area contributed by atoms with Crippen molar-refractivity contribution in [1.82, 2.24) is 0 Å².